The number of anilines is 1. The number of carbonyl (C=O) groups excluding carboxylic acids is 1. The Balaban J connectivity index is 1.92. The Labute approximate surface area is 141 Å². The lowest BCUT2D eigenvalue weighted by Gasteiger charge is -2.04. The highest BCUT2D eigenvalue weighted by molar-refractivity contribution is 7.12. The van der Waals surface area contributed by atoms with Gasteiger partial charge in [-0.3, -0.25) is 14.5 Å². The summed E-state index contributed by atoms with van der Waals surface area (Å²) in [5, 5.41) is 6.35. The molecule has 0 atom stereocenters. The number of rotatable bonds is 3. The van der Waals surface area contributed by atoms with Crippen LogP contribution in [0.2, 0.25) is 0 Å². The summed E-state index contributed by atoms with van der Waals surface area (Å²) in [5.41, 5.74) is 1.28. The van der Waals surface area contributed by atoms with Gasteiger partial charge in [0.05, 0.1) is 18.1 Å². The van der Waals surface area contributed by atoms with E-state index in [-0.39, 0.29) is 5.69 Å². The zero-order valence-corrected chi connectivity index (χ0v) is 14.0. The van der Waals surface area contributed by atoms with E-state index >= 15 is 0 Å². The number of hydrogen-bond acceptors (Lipinski definition) is 4. The molecule has 3 aromatic heterocycles. The van der Waals surface area contributed by atoms with Crippen LogP contribution in [0.1, 0.15) is 20.2 Å². The molecule has 0 spiro atoms. The van der Waals surface area contributed by atoms with Crippen LogP contribution < -0.4 is 5.32 Å². The maximum atomic E-state index is 13.6. The van der Waals surface area contributed by atoms with E-state index in [1.807, 2.05) is 19.9 Å². The molecule has 3 rings (SSSR count). The second kappa shape index (κ2) is 6.12. The molecule has 0 radical (unpaired) electrons. The molecular weight excluding hydrogens is 334 g/mol. The first-order chi connectivity index (χ1) is 11.4. The van der Waals surface area contributed by atoms with Crippen molar-refractivity contribution in [1.29, 1.82) is 0 Å². The molecule has 0 saturated heterocycles. The van der Waals surface area contributed by atoms with Crippen LogP contribution in [0.4, 0.5) is 14.5 Å². The number of halogens is 2. The van der Waals surface area contributed by atoms with E-state index < -0.39 is 23.2 Å². The topological polar surface area (TPSA) is 59.8 Å². The summed E-state index contributed by atoms with van der Waals surface area (Å²) >= 11 is 1.65. The second-order valence-electron chi connectivity index (χ2n) is 5.30. The summed E-state index contributed by atoms with van der Waals surface area (Å²) < 4.78 is 28.8. The summed E-state index contributed by atoms with van der Waals surface area (Å²) in [4.78, 5) is 17.9. The van der Waals surface area contributed by atoms with Gasteiger partial charge in [-0.05, 0) is 26.0 Å². The maximum absolute atomic E-state index is 13.6. The summed E-state index contributed by atoms with van der Waals surface area (Å²) in [6, 6.07) is 3.61. The minimum Gasteiger partial charge on any atom is -0.316 e. The highest BCUT2D eigenvalue weighted by atomic mass is 32.1. The number of pyridine rings is 1. The maximum Gasteiger partial charge on any atom is 0.276 e. The minimum atomic E-state index is -0.941. The largest absolute Gasteiger partial charge is 0.316 e. The summed E-state index contributed by atoms with van der Waals surface area (Å²) in [5.74, 6) is -2.57. The number of nitrogens with zero attached hydrogens (tertiary/aromatic N) is 3. The SMILES string of the molecule is Cc1cc(-c2cc(C(=O)Nc3c(F)cncc3F)nn2C)c(C)s1. The van der Waals surface area contributed by atoms with Crippen LogP contribution in [-0.2, 0) is 7.05 Å². The number of thiophene rings is 1. The second-order valence-corrected chi connectivity index (χ2v) is 6.76. The van der Waals surface area contributed by atoms with E-state index in [0.29, 0.717) is 0 Å². The number of nitrogens with one attached hydrogen (secondary N) is 1. The standard InChI is InChI=1S/C16H14F2N4OS/c1-8-4-10(9(2)24-8)14-5-13(21-22(14)3)16(23)20-15-11(17)6-19-7-12(15)18/h4-7H,1-3H3,(H,19,20,23). The smallest absolute Gasteiger partial charge is 0.276 e. The highest BCUT2D eigenvalue weighted by Crippen LogP contribution is 2.30. The molecule has 3 heterocycles. The number of aryl methyl sites for hydroxylation is 3. The first-order valence-corrected chi connectivity index (χ1v) is 7.90. The van der Waals surface area contributed by atoms with Gasteiger partial charge in [0.15, 0.2) is 17.3 Å². The molecule has 8 heteroatoms. The molecule has 0 aliphatic rings. The molecule has 0 aromatic carbocycles. The van der Waals surface area contributed by atoms with Gasteiger partial charge < -0.3 is 5.32 Å². The molecule has 5 nitrogen and oxygen atoms in total. The number of carbonyl (C=O) groups is 1. The molecule has 1 N–H and O–H groups in total. The lowest BCUT2D eigenvalue weighted by molar-refractivity contribution is 0.102. The Morgan fingerprint density at radius 1 is 1.21 bits per heavy atom. The normalized spacial score (nSPS) is 10.9. The molecule has 0 fully saturated rings. The average molecular weight is 348 g/mol. The van der Waals surface area contributed by atoms with Crippen molar-refractivity contribution in [3.8, 4) is 11.3 Å². The predicted molar refractivity (Wildman–Crippen MR) is 88.1 cm³/mol. The quantitative estimate of drug-likeness (QED) is 0.785. The van der Waals surface area contributed by atoms with Crippen molar-refractivity contribution < 1.29 is 13.6 Å². The van der Waals surface area contributed by atoms with E-state index in [0.717, 1.165) is 33.4 Å². The van der Waals surface area contributed by atoms with Gasteiger partial charge in [-0.25, -0.2) is 8.78 Å². The molecule has 0 aliphatic carbocycles. The third kappa shape index (κ3) is 2.92. The Kier molecular flexibility index (Phi) is 4.15. The molecular formula is C16H14F2N4OS. The fraction of sp³-hybridized carbons (Fsp3) is 0.188. The van der Waals surface area contributed by atoms with Crippen molar-refractivity contribution in [2.45, 2.75) is 13.8 Å². The average Bonchev–Trinajstić information content (AvgIpc) is 3.05. The molecule has 0 saturated carbocycles. The van der Waals surface area contributed by atoms with Crippen molar-refractivity contribution in [2.75, 3.05) is 5.32 Å². The van der Waals surface area contributed by atoms with E-state index in [1.165, 1.54) is 0 Å². The van der Waals surface area contributed by atoms with Crippen LogP contribution in [0, 0.1) is 25.5 Å². The van der Waals surface area contributed by atoms with Gasteiger partial charge in [-0.1, -0.05) is 0 Å². The number of hydrogen-bond donors (Lipinski definition) is 1. The van der Waals surface area contributed by atoms with Gasteiger partial charge in [-0.15, -0.1) is 11.3 Å². The summed E-state index contributed by atoms with van der Waals surface area (Å²) in [6.45, 7) is 3.99. The zero-order valence-electron chi connectivity index (χ0n) is 13.2. The van der Waals surface area contributed by atoms with Gasteiger partial charge in [0, 0.05) is 22.4 Å². The molecule has 124 valence electrons. The first-order valence-electron chi connectivity index (χ1n) is 7.08. The van der Waals surface area contributed by atoms with Crippen LogP contribution in [0.3, 0.4) is 0 Å². The van der Waals surface area contributed by atoms with Gasteiger partial charge >= 0.3 is 0 Å². The van der Waals surface area contributed by atoms with E-state index in [2.05, 4.69) is 15.4 Å². The highest BCUT2D eigenvalue weighted by Gasteiger charge is 2.19. The molecule has 0 aliphatic heterocycles. The minimum absolute atomic E-state index is 0.0753. The Morgan fingerprint density at radius 3 is 2.46 bits per heavy atom. The fourth-order valence-corrected chi connectivity index (χ4v) is 3.36. The van der Waals surface area contributed by atoms with Gasteiger partial charge in [-0.2, -0.15) is 5.10 Å². The number of aromatic nitrogens is 3. The monoisotopic (exact) mass is 348 g/mol. The van der Waals surface area contributed by atoms with Gasteiger partial charge in [0.25, 0.3) is 5.91 Å². The third-order valence-corrected chi connectivity index (χ3v) is 4.49. The molecule has 0 bridgehead atoms. The van der Waals surface area contributed by atoms with Crippen LogP contribution in [-0.4, -0.2) is 20.7 Å². The summed E-state index contributed by atoms with van der Waals surface area (Å²) in [7, 11) is 1.71. The van der Waals surface area contributed by atoms with Crippen LogP contribution in [0.25, 0.3) is 11.3 Å². The fourth-order valence-electron chi connectivity index (χ4n) is 2.42. The lowest BCUT2D eigenvalue weighted by Crippen LogP contribution is -2.15. The van der Waals surface area contributed by atoms with Crippen LogP contribution >= 0.6 is 11.3 Å². The van der Waals surface area contributed by atoms with Crippen molar-refractivity contribution in [2.24, 2.45) is 7.05 Å². The Morgan fingerprint density at radius 2 is 1.88 bits per heavy atom. The van der Waals surface area contributed by atoms with Crippen molar-refractivity contribution in [1.82, 2.24) is 14.8 Å². The van der Waals surface area contributed by atoms with Crippen LogP contribution in [0.15, 0.2) is 24.5 Å². The van der Waals surface area contributed by atoms with E-state index in [4.69, 9.17) is 0 Å². The molecule has 3 aromatic rings. The van der Waals surface area contributed by atoms with Crippen molar-refractivity contribution in [3.05, 3.63) is 51.6 Å². The summed E-state index contributed by atoms with van der Waals surface area (Å²) in [6.07, 6.45) is 1.67. The number of amides is 1. The third-order valence-electron chi connectivity index (χ3n) is 3.52. The zero-order chi connectivity index (χ0) is 17.4. The van der Waals surface area contributed by atoms with Crippen molar-refractivity contribution in [3.63, 3.8) is 0 Å². The van der Waals surface area contributed by atoms with E-state index in [1.54, 1.807) is 29.1 Å². The first kappa shape index (κ1) is 16.3. The van der Waals surface area contributed by atoms with Crippen LogP contribution in [0.5, 0.6) is 0 Å². The Bertz CT molecular complexity index is 912. The molecule has 24 heavy (non-hydrogen) atoms. The van der Waals surface area contributed by atoms with Gasteiger partial charge in [0.2, 0.25) is 0 Å². The lowest BCUT2D eigenvalue weighted by atomic mass is 10.1. The predicted octanol–water partition coefficient (Wildman–Crippen LogP) is 3.69. The van der Waals surface area contributed by atoms with Gasteiger partial charge in [0.1, 0.15) is 5.69 Å². The van der Waals surface area contributed by atoms with E-state index in [9.17, 15) is 13.6 Å². The molecule has 1 amide bonds. The Hall–Kier alpha value is -2.61. The van der Waals surface area contributed by atoms with Crippen molar-refractivity contribution >= 4 is 22.9 Å². The molecule has 0 unspecified atom stereocenters.